The van der Waals surface area contributed by atoms with Crippen molar-refractivity contribution in [2.45, 2.75) is 32.7 Å². The molecule has 6 heteroatoms. The van der Waals surface area contributed by atoms with Crippen molar-refractivity contribution in [1.29, 1.82) is 0 Å². The van der Waals surface area contributed by atoms with Crippen molar-refractivity contribution in [3.05, 3.63) is 42.2 Å². The summed E-state index contributed by atoms with van der Waals surface area (Å²) in [5.74, 6) is 0. The molecular weight excluding hydrogens is 350 g/mol. The van der Waals surface area contributed by atoms with Crippen LogP contribution in [0.2, 0.25) is 0 Å². The zero-order chi connectivity index (χ0) is 19.7. The Hall–Kier alpha value is -2.73. The van der Waals surface area contributed by atoms with Gasteiger partial charge in [0.25, 0.3) is 0 Å². The summed E-state index contributed by atoms with van der Waals surface area (Å²) in [4.78, 5) is 26.3. The van der Waals surface area contributed by atoms with Gasteiger partial charge in [-0.1, -0.05) is 26.0 Å². The first-order valence-electron chi connectivity index (χ1n) is 9.80. The summed E-state index contributed by atoms with van der Waals surface area (Å²) >= 11 is 0. The minimum atomic E-state index is -0.426. The van der Waals surface area contributed by atoms with Crippen LogP contribution >= 0.6 is 0 Å². The van der Waals surface area contributed by atoms with Gasteiger partial charge in [-0.2, -0.15) is 0 Å². The highest BCUT2D eigenvalue weighted by molar-refractivity contribution is 5.79. The van der Waals surface area contributed by atoms with Crippen molar-refractivity contribution in [2.24, 2.45) is 5.41 Å². The lowest BCUT2D eigenvalue weighted by atomic mass is 9.88. The van der Waals surface area contributed by atoms with Crippen molar-refractivity contribution < 1.29 is 4.79 Å². The summed E-state index contributed by atoms with van der Waals surface area (Å²) in [6.07, 6.45) is 6.51. The number of hydrogen-bond donors (Lipinski definition) is 2. The number of rotatable bonds is 6. The highest BCUT2D eigenvalue weighted by Crippen LogP contribution is 2.28. The molecule has 4 rings (SSSR count). The average molecular weight is 377 g/mol. The third-order valence-corrected chi connectivity index (χ3v) is 5.56. The van der Waals surface area contributed by atoms with E-state index >= 15 is 0 Å². The Bertz CT molecular complexity index is 988. The van der Waals surface area contributed by atoms with Crippen molar-refractivity contribution >= 4 is 23.1 Å². The summed E-state index contributed by atoms with van der Waals surface area (Å²) in [5.41, 5.74) is 5.27. The number of carbonyl (C=O) groups is 1. The predicted octanol–water partition coefficient (Wildman–Crippen LogP) is 3.19. The first kappa shape index (κ1) is 18.6. The highest BCUT2D eigenvalue weighted by Gasteiger charge is 2.21. The maximum Gasteiger partial charge on any atom is 0.156 e. The molecule has 2 N–H and O–H groups in total. The van der Waals surface area contributed by atoms with E-state index in [-0.39, 0.29) is 0 Å². The van der Waals surface area contributed by atoms with Crippen molar-refractivity contribution in [2.75, 3.05) is 25.0 Å². The maximum absolute atomic E-state index is 11.3. The molecule has 0 spiro atoms. The van der Waals surface area contributed by atoms with Crippen molar-refractivity contribution in [1.82, 2.24) is 20.3 Å². The zero-order valence-electron chi connectivity index (χ0n) is 16.7. The number of aromatic nitrogens is 3. The monoisotopic (exact) mass is 377 g/mol. The van der Waals surface area contributed by atoms with E-state index in [2.05, 4.69) is 51.5 Å². The first-order chi connectivity index (χ1) is 13.5. The Kier molecular flexibility index (Phi) is 4.89. The summed E-state index contributed by atoms with van der Waals surface area (Å²) < 4.78 is 0. The number of H-pyrrole nitrogens is 1. The molecule has 0 amide bonds. The third-order valence-electron chi connectivity index (χ3n) is 5.56. The van der Waals surface area contributed by atoms with Gasteiger partial charge in [0.05, 0.1) is 11.9 Å². The van der Waals surface area contributed by atoms with Gasteiger partial charge in [0.15, 0.2) is 5.65 Å². The van der Waals surface area contributed by atoms with E-state index in [9.17, 15) is 4.79 Å². The number of nitrogens with one attached hydrogen (secondary N) is 2. The lowest BCUT2D eigenvalue weighted by Crippen LogP contribution is -2.33. The van der Waals surface area contributed by atoms with Gasteiger partial charge in [-0.3, -0.25) is 0 Å². The van der Waals surface area contributed by atoms with Crippen LogP contribution in [0.4, 0.5) is 5.69 Å². The van der Waals surface area contributed by atoms with E-state index in [1.165, 1.54) is 5.69 Å². The highest BCUT2D eigenvalue weighted by atomic mass is 16.1. The molecule has 6 nitrogen and oxygen atoms in total. The van der Waals surface area contributed by atoms with Crippen LogP contribution in [0.15, 0.2) is 36.7 Å². The number of fused-ring (bicyclic) bond motifs is 1. The zero-order valence-corrected chi connectivity index (χ0v) is 16.7. The van der Waals surface area contributed by atoms with Gasteiger partial charge in [-0.05, 0) is 37.1 Å². The lowest BCUT2D eigenvalue weighted by Gasteiger charge is -2.26. The van der Waals surface area contributed by atoms with Crippen molar-refractivity contribution in [3.8, 4) is 11.3 Å². The molecule has 1 aliphatic heterocycles. The standard InChI is InChI=1S/C22H27N5O/c1-22(2,14-28)10-16-11-24-21-20(16)26-19(13-25-21)15-5-4-6-17(9-15)27(3)18-7-8-23-12-18/h4-6,9,11,13-14,18,23H,7-8,10,12H2,1-3H3,(H,24,25). The molecule has 2 aromatic heterocycles. The molecule has 0 aliphatic carbocycles. The van der Waals surface area contributed by atoms with Crippen LogP contribution in [-0.2, 0) is 11.2 Å². The Morgan fingerprint density at radius 1 is 1.36 bits per heavy atom. The van der Waals surface area contributed by atoms with Gasteiger partial charge in [0.1, 0.15) is 11.8 Å². The number of carbonyl (C=O) groups excluding carboxylic acids is 1. The molecule has 1 unspecified atom stereocenters. The SMILES string of the molecule is CN(c1cccc(-c2cnc3[nH]cc(CC(C)(C)C=O)c3n2)c1)C1CCNC1. The smallest absolute Gasteiger partial charge is 0.156 e. The van der Waals surface area contributed by atoms with E-state index in [4.69, 9.17) is 4.98 Å². The fourth-order valence-electron chi connectivity index (χ4n) is 3.81. The van der Waals surface area contributed by atoms with Crippen molar-refractivity contribution in [3.63, 3.8) is 0 Å². The minimum Gasteiger partial charge on any atom is -0.370 e. The molecular formula is C22H27N5O. The molecule has 28 heavy (non-hydrogen) atoms. The molecule has 1 atom stereocenters. The van der Waals surface area contributed by atoms with Crippen LogP contribution in [0.5, 0.6) is 0 Å². The number of aldehydes is 1. The second-order valence-corrected chi connectivity index (χ2v) is 8.36. The minimum absolute atomic E-state index is 0.426. The predicted molar refractivity (Wildman–Crippen MR) is 113 cm³/mol. The van der Waals surface area contributed by atoms with Crippen LogP contribution in [0.25, 0.3) is 22.4 Å². The Morgan fingerprint density at radius 3 is 2.96 bits per heavy atom. The van der Waals surface area contributed by atoms with Gasteiger partial charge >= 0.3 is 0 Å². The van der Waals surface area contributed by atoms with Gasteiger partial charge in [0.2, 0.25) is 0 Å². The van der Waals surface area contributed by atoms with Gasteiger partial charge in [0, 0.05) is 42.5 Å². The summed E-state index contributed by atoms with van der Waals surface area (Å²) in [7, 11) is 2.15. The molecule has 1 aliphatic rings. The van der Waals surface area contributed by atoms with Crippen LogP contribution < -0.4 is 10.2 Å². The van der Waals surface area contributed by atoms with E-state index in [1.807, 2.05) is 26.2 Å². The van der Waals surface area contributed by atoms with E-state index in [1.54, 1.807) is 0 Å². The molecule has 0 saturated carbocycles. The molecule has 146 valence electrons. The molecule has 1 aromatic carbocycles. The second kappa shape index (κ2) is 7.36. The third kappa shape index (κ3) is 3.64. The van der Waals surface area contributed by atoms with Crippen LogP contribution in [0.1, 0.15) is 25.8 Å². The van der Waals surface area contributed by atoms with E-state index in [0.29, 0.717) is 12.5 Å². The van der Waals surface area contributed by atoms with Crippen LogP contribution in [0.3, 0.4) is 0 Å². The quantitative estimate of drug-likeness (QED) is 0.646. The Labute approximate surface area is 165 Å². The fraction of sp³-hybridized carbons (Fsp3) is 0.409. The molecule has 3 heterocycles. The number of benzene rings is 1. The fourth-order valence-corrected chi connectivity index (χ4v) is 3.81. The number of aromatic amines is 1. The molecule has 0 bridgehead atoms. The number of nitrogens with zero attached hydrogens (tertiary/aromatic N) is 3. The second-order valence-electron chi connectivity index (χ2n) is 8.36. The van der Waals surface area contributed by atoms with Gasteiger partial charge in [-0.25, -0.2) is 9.97 Å². The Balaban J connectivity index is 1.67. The molecule has 3 aromatic rings. The molecule has 1 saturated heterocycles. The Morgan fingerprint density at radius 2 is 2.21 bits per heavy atom. The van der Waals surface area contributed by atoms with Gasteiger partial charge < -0.3 is 20.0 Å². The topological polar surface area (TPSA) is 73.9 Å². The summed E-state index contributed by atoms with van der Waals surface area (Å²) in [5, 5.41) is 3.42. The molecule has 0 radical (unpaired) electrons. The van der Waals surface area contributed by atoms with E-state index in [0.717, 1.165) is 53.8 Å². The largest absolute Gasteiger partial charge is 0.370 e. The number of anilines is 1. The average Bonchev–Trinajstić information content (AvgIpc) is 3.37. The molecule has 1 fully saturated rings. The normalized spacial score (nSPS) is 17.2. The summed E-state index contributed by atoms with van der Waals surface area (Å²) in [6, 6.07) is 8.98. The van der Waals surface area contributed by atoms with Gasteiger partial charge in [-0.15, -0.1) is 0 Å². The lowest BCUT2D eigenvalue weighted by molar-refractivity contribution is -0.114. The first-order valence-corrected chi connectivity index (χ1v) is 9.80. The maximum atomic E-state index is 11.3. The van der Waals surface area contributed by atoms with Crippen LogP contribution in [-0.4, -0.2) is 47.4 Å². The summed E-state index contributed by atoms with van der Waals surface area (Å²) in [6.45, 7) is 5.97. The number of hydrogen-bond acceptors (Lipinski definition) is 5. The van der Waals surface area contributed by atoms with Crippen LogP contribution in [0, 0.1) is 5.41 Å². The van der Waals surface area contributed by atoms with E-state index < -0.39 is 5.41 Å². The number of likely N-dealkylation sites (N-methyl/N-ethyl adjacent to an activating group) is 1.